The largest absolute Gasteiger partial charge is 0.379 e. The molecule has 0 aromatic carbocycles. The summed E-state index contributed by atoms with van der Waals surface area (Å²) >= 11 is 0. The summed E-state index contributed by atoms with van der Waals surface area (Å²) in [5.74, 6) is 1.74. The van der Waals surface area contributed by atoms with Gasteiger partial charge in [0.1, 0.15) is 0 Å². The molecule has 92 valence electrons. The molecule has 1 saturated heterocycles. The summed E-state index contributed by atoms with van der Waals surface area (Å²) in [6.45, 7) is 4.48. The monoisotopic (exact) mass is 224 g/mol. The predicted octanol–water partition coefficient (Wildman–Crippen LogP) is 1.10. The van der Waals surface area contributed by atoms with Crippen LogP contribution >= 0.6 is 0 Å². The van der Waals surface area contributed by atoms with Crippen molar-refractivity contribution in [3.63, 3.8) is 0 Å². The second kappa shape index (κ2) is 4.63. The molecular weight excluding hydrogens is 200 g/mol. The van der Waals surface area contributed by atoms with Crippen LogP contribution in [-0.4, -0.2) is 50.3 Å². The smallest absolute Gasteiger partial charge is 0.0623 e. The maximum absolute atomic E-state index is 5.59. The highest BCUT2D eigenvalue weighted by atomic mass is 16.5. The number of hydrogen-bond acceptors (Lipinski definition) is 3. The minimum Gasteiger partial charge on any atom is -0.379 e. The Morgan fingerprint density at radius 2 is 1.94 bits per heavy atom. The second-order valence-corrected chi connectivity index (χ2v) is 5.82. The van der Waals surface area contributed by atoms with Gasteiger partial charge in [0.25, 0.3) is 0 Å². The van der Waals surface area contributed by atoms with Crippen molar-refractivity contribution in [2.24, 2.45) is 11.8 Å². The third-order valence-corrected chi connectivity index (χ3v) is 4.29. The molecule has 0 amide bonds. The number of rotatable bonds is 6. The molecule has 3 rings (SSSR count). The van der Waals surface area contributed by atoms with E-state index < -0.39 is 0 Å². The van der Waals surface area contributed by atoms with Gasteiger partial charge in [0.2, 0.25) is 0 Å². The minimum absolute atomic E-state index is 0.584. The van der Waals surface area contributed by atoms with E-state index in [-0.39, 0.29) is 0 Å². The highest BCUT2D eigenvalue weighted by Gasteiger charge is 2.37. The van der Waals surface area contributed by atoms with Crippen molar-refractivity contribution in [1.82, 2.24) is 10.2 Å². The fourth-order valence-electron chi connectivity index (χ4n) is 2.84. The Balaban J connectivity index is 1.52. The lowest BCUT2D eigenvalue weighted by Gasteiger charge is -2.27. The number of hydrogen-bond donors (Lipinski definition) is 1. The molecule has 1 heterocycles. The van der Waals surface area contributed by atoms with Gasteiger partial charge in [0.05, 0.1) is 13.2 Å². The number of nitrogens with zero attached hydrogens (tertiary/aromatic N) is 1. The van der Waals surface area contributed by atoms with Crippen LogP contribution in [0.3, 0.4) is 0 Å². The highest BCUT2D eigenvalue weighted by Crippen LogP contribution is 2.35. The summed E-state index contributed by atoms with van der Waals surface area (Å²) in [5, 5.41) is 3.40. The third kappa shape index (κ3) is 2.58. The first kappa shape index (κ1) is 11.0. The van der Waals surface area contributed by atoms with E-state index in [1.807, 2.05) is 0 Å². The zero-order chi connectivity index (χ0) is 11.0. The van der Waals surface area contributed by atoms with E-state index >= 15 is 0 Å². The zero-order valence-corrected chi connectivity index (χ0v) is 10.3. The fraction of sp³-hybridized carbons (Fsp3) is 1.00. The molecule has 2 unspecified atom stereocenters. The predicted molar refractivity (Wildman–Crippen MR) is 64.5 cm³/mol. The van der Waals surface area contributed by atoms with E-state index in [0.717, 1.165) is 25.2 Å². The summed E-state index contributed by atoms with van der Waals surface area (Å²) < 4.78 is 5.59. The molecule has 0 bridgehead atoms. The fourth-order valence-corrected chi connectivity index (χ4v) is 2.84. The summed E-state index contributed by atoms with van der Waals surface area (Å²) in [4.78, 5) is 2.75. The van der Waals surface area contributed by atoms with Crippen molar-refractivity contribution in [3.05, 3.63) is 0 Å². The molecule has 16 heavy (non-hydrogen) atoms. The van der Waals surface area contributed by atoms with Crippen LogP contribution in [-0.2, 0) is 4.74 Å². The molecule has 2 aliphatic carbocycles. The summed E-state index contributed by atoms with van der Waals surface area (Å²) in [6, 6.07) is 1.50. The van der Waals surface area contributed by atoms with Crippen LogP contribution in [0.2, 0.25) is 0 Å². The Morgan fingerprint density at radius 3 is 2.56 bits per heavy atom. The van der Waals surface area contributed by atoms with Crippen molar-refractivity contribution < 1.29 is 4.74 Å². The van der Waals surface area contributed by atoms with E-state index in [1.165, 1.54) is 38.8 Å². The van der Waals surface area contributed by atoms with Crippen molar-refractivity contribution >= 4 is 0 Å². The molecule has 0 aromatic rings. The van der Waals surface area contributed by atoms with E-state index in [2.05, 4.69) is 17.3 Å². The van der Waals surface area contributed by atoms with Gasteiger partial charge in [-0.15, -0.1) is 0 Å². The third-order valence-electron chi connectivity index (χ3n) is 4.29. The Kier molecular flexibility index (Phi) is 3.18. The van der Waals surface area contributed by atoms with Gasteiger partial charge >= 0.3 is 0 Å². The topological polar surface area (TPSA) is 24.5 Å². The lowest BCUT2D eigenvalue weighted by molar-refractivity contribution is 0.162. The van der Waals surface area contributed by atoms with E-state index in [1.54, 1.807) is 0 Å². The van der Waals surface area contributed by atoms with E-state index in [4.69, 9.17) is 4.74 Å². The molecule has 2 saturated carbocycles. The summed E-state index contributed by atoms with van der Waals surface area (Å²) in [6.07, 6.45) is 5.81. The van der Waals surface area contributed by atoms with Crippen LogP contribution in [0.4, 0.5) is 0 Å². The van der Waals surface area contributed by atoms with Crippen LogP contribution in [0.15, 0.2) is 0 Å². The van der Waals surface area contributed by atoms with Gasteiger partial charge in [-0.05, 0) is 38.6 Å². The summed E-state index contributed by atoms with van der Waals surface area (Å²) in [7, 11) is 2.06. The first-order valence-electron chi connectivity index (χ1n) is 6.86. The molecule has 1 N–H and O–H groups in total. The molecule has 3 fully saturated rings. The first-order valence-corrected chi connectivity index (χ1v) is 6.86. The molecule has 1 aliphatic heterocycles. The summed E-state index contributed by atoms with van der Waals surface area (Å²) in [5.41, 5.74) is 0. The van der Waals surface area contributed by atoms with Crippen molar-refractivity contribution in [2.75, 3.05) is 33.4 Å². The lowest BCUT2D eigenvalue weighted by atomic mass is 10.0. The van der Waals surface area contributed by atoms with Crippen molar-refractivity contribution in [2.45, 2.75) is 37.8 Å². The van der Waals surface area contributed by atoms with Gasteiger partial charge in [0.15, 0.2) is 0 Å². The molecule has 0 radical (unpaired) electrons. The molecule has 3 aliphatic rings. The number of likely N-dealkylation sites (N-methyl/N-ethyl adjacent to an activating group) is 1. The SMILES string of the molecule is CNC1COCC1CN(CC1CC1)C1CC1. The average molecular weight is 224 g/mol. The van der Waals surface area contributed by atoms with E-state index in [9.17, 15) is 0 Å². The first-order chi connectivity index (χ1) is 7.86. The van der Waals surface area contributed by atoms with Gasteiger partial charge in [-0.1, -0.05) is 0 Å². The standard InChI is InChI=1S/C13H24N2O/c1-14-13-9-16-8-11(13)7-15(12-4-5-12)6-10-2-3-10/h10-14H,2-9H2,1H3. The van der Waals surface area contributed by atoms with Crippen molar-refractivity contribution in [1.29, 1.82) is 0 Å². The maximum Gasteiger partial charge on any atom is 0.0623 e. The molecular formula is C13H24N2O. The molecule has 2 atom stereocenters. The minimum atomic E-state index is 0.584. The highest BCUT2D eigenvalue weighted by molar-refractivity contribution is 4.92. The Hall–Kier alpha value is -0.120. The van der Waals surface area contributed by atoms with Crippen molar-refractivity contribution in [3.8, 4) is 0 Å². The van der Waals surface area contributed by atoms with Gasteiger partial charge < -0.3 is 10.1 Å². The molecule has 0 spiro atoms. The Morgan fingerprint density at radius 1 is 1.12 bits per heavy atom. The van der Waals surface area contributed by atoms with Gasteiger partial charge in [-0.2, -0.15) is 0 Å². The quantitative estimate of drug-likeness (QED) is 0.731. The van der Waals surface area contributed by atoms with Gasteiger partial charge in [-0.25, -0.2) is 0 Å². The van der Waals surface area contributed by atoms with Crippen LogP contribution in [0.25, 0.3) is 0 Å². The average Bonchev–Trinajstić information content (AvgIpc) is 3.17. The van der Waals surface area contributed by atoms with Crippen LogP contribution in [0.5, 0.6) is 0 Å². The Bertz CT molecular complexity index is 238. The zero-order valence-electron chi connectivity index (χ0n) is 10.3. The second-order valence-electron chi connectivity index (χ2n) is 5.82. The van der Waals surface area contributed by atoms with Crippen LogP contribution < -0.4 is 5.32 Å². The van der Waals surface area contributed by atoms with Crippen LogP contribution in [0.1, 0.15) is 25.7 Å². The molecule has 0 aromatic heterocycles. The van der Waals surface area contributed by atoms with Gasteiger partial charge in [0, 0.05) is 31.1 Å². The normalized spacial score (nSPS) is 34.9. The number of nitrogens with one attached hydrogen (secondary N) is 1. The van der Waals surface area contributed by atoms with Crippen LogP contribution in [0, 0.1) is 11.8 Å². The maximum atomic E-state index is 5.59. The number of ether oxygens (including phenoxy) is 1. The Labute approximate surface area is 98.5 Å². The lowest BCUT2D eigenvalue weighted by Crippen LogP contribution is -2.41. The molecule has 3 heteroatoms. The molecule has 3 nitrogen and oxygen atoms in total. The van der Waals surface area contributed by atoms with Gasteiger partial charge in [-0.3, -0.25) is 4.90 Å². The van der Waals surface area contributed by atoms with E-state index in [0.29, 0.717) is 12.0 Å².